The molecule has 19 heavy (non-hydrogen) atoms. The van der Waals surface area contributed by atoms with Crippen LogP contribution in [0, 0.1) is 5.92 Å². The van der Waals surface area contributed by atoms with Gasteiger partial charge in [0.2, 0.25) is 0 Å². The van der Waals surface area contributed by atoms with E-state index in [4.69, 9.17) is 0 Å². The van der Waals surface area contributed by atoms with Crippen LogP contribution in [0.3, 0.4) is 0 Å². The highest BCUT2D eigenvalue weighted by molar-refractivity contribution is 5.45. The fourth-order valence-electron chi connectivity index (χ4n) is 3.53. The van der Waals surface area contributed by atoms with Crippen molar-refractivity contribution in [3.05, 3.63) is 22.5 Å². The first-order valence-corrected chi connectivity index (χ1v) is 6.73. The molecule has 0 fully saturated rings. The molecule has 0 aromatic rings. The van der Waals surface area contributed by atoms with Crippen LogP contribution >= 0.6 is 0 Å². The monoisotopic (exact) mass is 267 g/mol. The Morgan fingerprint density at radius 3 is 1.74 bits per heavy atom. The van der Waals surface area contributed by atoms with Crippen LogP contribution in [0.4, 0.5) is 0 Å². The summed E-state index contributed by atoms with van der Waals surface area (Å²) in [6.07, 6.45) is 0. The maximum absolute atomic E-state index is 11.2. The molecule has 0 aromatic heterocycles. The second kappa shape index (κ2) is 5.17. The van der Waals surface area contributed by atoms with Crippen LogP contribution in [0.25, 0.3) is 0 Å². The fraction of sp³-hybridized carbons (Fsp3) is 0.733. The lowest BCUT2D eigenvalue weighted by atomic mass is 9.78. The largest absolute Gasteiger partial charge is 0.380 e. The van der Waals surface area contributed by atoms with Crippen molar-refractivity contribution >= 4 is 0 Å². The van der Waals surface area contributed by atoms with Crippen molar-refractivity contribution in [3.8, 4) is 0 Å². The Bertz CT molecular complexity index is 421. The van der Waals surface area contributed by atoms with Gasteiger partial charge < -0.3 is 14.9 Å². The molecule has 1 aliphatic carbocycles. The lowest BCUT2D eigenvalue weighted by Gasteiger charge is -2.48. The summed E-state index contributed by atoms with van der Waals surface area (Å²) >= 11 is 0. The van der Waals surface area contributed by atoms with Gasteiger partial charge in [-0.3, -0.25) is 4.90 Å². The van der Waals surface area contributed by atoms with Gasteiger partial charge in [0.05, 0.1) is 0 Å². The van der Waals surface area contributed by atoms with E-state index in [9.17, 15) is 5.11 Å². The zero-order valence-electron chi connectivity index (χ0n) is 13.9. The zero-order chi connectivity index (χ0) is 15.1. The van der Waals surface area contributed by atoms with Crippen LogP contribution in [0.2, 0.25) is 0 Å². The Morgan fingerprint density at radius 2 is 1.42 bits per heavy atom. The highest BCUT2D eigenvalue weighted by Crippen LogP contribution is 2.43. The van der Waals surface area contributed by atoms with Crippen LogP contribution in [-0.2, 0) is 0 Å². The normalized spacial score (nSPS) is 28.3. The Labute approximate surface area is 118 Å². The van der Waals surface area contributed by atoms with Crippen LogP contribution < -0.4 is 0 Å². The molecule has 0 aromatic carbocycles. The molecule has 0 saturated carbocycles. The topological polar surface area (TPSA) is 30.0 Å². The Hall–Kier alpha value is -1.00. The minimum Gasteiger partial charge on any atom is -0.380 e. The van der Waals surface area contributed by atoms with Crippen molar-refractivity contribution in [2.45, 2.75) is 26.5 Å². The number of nitrogens with zero attached hydrogens (tertiary/aromatic N) is 3. The molecule has 0 bridgehead atoms. The first kappa shape index (κ1) is 16.1. The average Bonchev–Trinajstić information content (AvgIpc) is 2.24. The molecular weight excluding hydrogens is 238 g/mol. The van der Waals surface area contributed by atoms with E-state index in [-0.39, 0.29) is 5.92 Å². The van der Waals surface area contributed by atoms with Gasteiger partial charge in [0, 0.05) is 45.5 Å². The van der Waals surface area contributed by atoms with Gasteiger partial charge >= 0.3 is 0 Å². The standard InChI is InChI=1S/C15H29N3O/c1-10-13(16(4)5)11(2)15(19,18(8)9)12(3)14(10)17(6)7/h11,19H,1-9H3. The van der Waals surface area contributed by atoms with E-state index >= 15 is 0 Å². The van der Waals surface area contributed by atoms with Crippen molar-refractivity contribution in [2.75, 3.05) is 42.3 Å². The molecule has 0 amide bonds. The van der Waals surface area contributed by atoms with E-state index in [2.05, 4.69) is 23.6 Å². The molecule has 0 radical (unpaired) electrons. The van der Waals surface area contributed by atoms with Gasteiger partial charge in [-0.25, -0.2) is 0 Å². The van der Waals surface area contributed by atoms with E-state index in [1.807, 2.05) is 54.1 Å². The lowest BCUT2D eigenvalue weighted by molar-refractivity contribution is -0.0889. The maximum Gasteiger partial charge on any atom is 0.150 e. The smallest absolute Gasteiger partial charge is 0.150 e. The fourth-order valence-corrected chi connectivity index (χ4v) is 3.53. The molecule has 0 spiro atoms. The van der Waals surface area contributed by atoms with Crippen LogP contribution in [-0.4, -0.2) is 67.8 Å². The highest BCUT2D eigenvalue weighted by Gasteiger charge is 2.46. The minimum absolute atomic E-state index is 0.0289. The maximum atomic E-state index is 11.2. The summed E-state index contributed by atoms with van der Waals surface area (Å²) in [5.74, 6) is 0.0289. The first-order chi connectivity index (χ1) is 8.56. The molecule has 1 N–H and O–H groups in total. The third-order valence-corrected chi connectivity index (χ3v) is 4.27. The second-order valence-electron chi connectivity index (χ2n) is 6.11. The third kappa shape index (κ3) is 2.28. The van der Waals surface area contributed by atoms with Gasteiger partial charge in [0.25, 0.3) is 0 Å². The zero-order valence-corrected chi connectivity index (χ0v) is 13.9. The predicted molar refractivity (Wildman–Crippen MR) is 80.6 cm³/mol. The van der Waals surface area contributed by atoms with Crippen molar-refractivity contribution in [1.82, 2.24) is 14.7 Å². The van der Waals surface area contributed by atoms with E-state index in [0.29, 0.717) is 0 Å². The van der Waals surface area contributed by atoms with Gasteiger partial charge in [-0.2, -0.15) is 0 Å². The molecule has 0 saturated heterocycles. The van der Waals surface area contributed by atoms with Gasteiger partial charge in [0.15, 0.2) is 0 Å². The van der Waals surface area contributed by atoms with Gasteiger partial charge in [-0.15, -0.1) is 0 Å². The number of hydrogen-bond donors (Lipinski definition) is 1. The summed E-state index contributed by atoms with van der Waals surface area (Å²) in [4.78, 5) is 6.12. The molecule has 4 nitrogen and oxygen atoms in total. The summed E-state index contributed by atoms with van der Waals surface area (Å²) in [5.41, 5.74) is 3.62. The first-order valence-electron chi connectivity index (χ1n) is 6.73. The molecule has 4 heteroatoms. The number of likely N-dealkylation sites (N-methyl/N-ethyl adjacent to an activating group) is 2. The van der Waals surface area contributed by atoms with E-state index < -0.39 is 5.72 Å². The summed E-state index contributed by atoms with van der Waals surface area (Å²) < 4.78 is 0. The second-order valence-corrected chi connectivity index (χ2v) is 6.11. The molecule has 2 atom stereocenters. The molecule has 0 heterocycles. The third-order valence-electron chi connectivity index (χ3n) is 4.27. The molecule has 1 rings (SSSR count). The number of hydrogen-bond acceptors (Lipinski definition) is 4. The summed E-state index contributed by atoms with van der Waals surface area (Å²) in [6.45, 7) is 6.26. The van der Waals surface area contributed by atoms with Crippen LogP contribution in [0.5, 0.6) is 0 Å². The van der Waals surface area contributed by atoms with E-state index in [1.54, 1.807) is 0 Å². The van der Waals surface area contributed by atoms with Crippen LogP contribution in [0.1, 0.15) is 20.8 Å². The molecular formula is C15H29N3O. The Kier molecular flexibility index (Phi) is 4.37. The summed E-state index contributed by atoms with van der Waals surface area (Å²) in [5, 5.41) is 11.2. The highest BCUT2D eigenvalue weighted by atomic mass is 16.3. The van der Waals surface area contributed by atoms with Gasteiger partial charge in [-0.05, 0) is 39.1 Å². The number of allylic oxidation sites excluding steroid dienone is 1. The quantitative estimate of drug-likeness (QED) is 0.786. The van der Waals surface area contributed by atoms with Gasteiger partial charge in [-0.1, -0.05) is 6.92 Å². The molecule has 2 unspecified atom stereocenters. The van der Waals surface area contributed by atoms with Crippen molar-refractivity contribution < 1.29 is 5.11 Å². The lowest BCUT2D eigenvalue weighted by Crippen LogP contribution is -2.55. The molecule has 0 aliphatic heterocycles. The van der Waals surface area contributed by atoms with Crippen molar-refractivity contribution in [2.24, 2.45) is 5.92 Å². The Balaban J connectivity index is 3.61. The summed E-state index contributed by atoms with van der Waals surface area (Å²) in [7, 11) is 12.0. The van der Waals surface area contributed by atoms with E-state index in [0.717, 1.165) is 11.3 Å². The van der Waals surface area contributed by atoms with Crippen LogP contribution in [0.15, 0.2) is 22.5 Å². The summed E-state index contributed by atoms with van der Waals surface area (Å²) in [6, 6.07) is 0. The molecule has 110 valence electrons. The Morgan fingerprint density at radius 1 is 0.947 bits per heavy atom. The number of rotatable bonds is 3. The predicted octanol–water partition coefficient (Wildman–Crippen LogP) is 1.56. The van der Waals surface area contributed by atoms with Crippen molar-refractivity contribution in [1.29, 1.82) is 0 Å². The van der Waals surface area contributed by atoms with Gasteiger partial charge in [0.1, 0.15) is 5.72 Å². The SMILES string of the molecule is CC1=C(N(C)C)C(C)C(O)(N(C)C)C(C)=C1N(C)C. The average molecular weight is 267 g/mol. The number of aliphatic hydroxyl groups is 1. The minimum atomic E-state index is -0.946. The van der Waals surface area contributed by atoms with E-state index in [1.165, 1.54) is 11.3 Å². The van der Waals surface area contributed by atoms with Crippen molar-refractivity contribution in [3.63, 3.8) is 0 Å². The molecule has 1 aliphatic rings.